The summed E-state index contributed by atoms with van der Waals surface area (Å²) in [4.78, 5) is 14.7. The van der Waals surface area contributed by atoms with E-state index in [0.717, 1.165) is 25.9 Å². The molecule has 106 valence electrons. The Hall–Kier alpha value is -2.09. The highest BCUT2D eigenvalue weighted by Crippen LogP contribution is 2.42. The maximum Gasteiger partial charge on any atom is 0.226 e. The molecule has 1 saturated heterocycles. The molecule has 2 aromatic rings. The fourth-order valence-electron chi connectivity index (χ4n) is 3.88. The van der Waals surface area contributed by atoms with Gasteiger partial charge < -0.3 is 4.90 Å². The Balaban J connectivity index is 1.60. The van der Waals surface area contributed by atoms with Crippen molar-refractivity contribution in [3.05, 3.63) is 71.3 Å². The molecule has 0 saturated carbocycles. The maximum atomic E-state index is 12.7. The second kappa shape index (κ2) is 5.03. The van der Waals surface area contributed by atoms with Gasteiger partial charge in [0.1, 0.15) is 0 Å². The van der Waals surface area contributed by atoms with Crippen LogP contribution in [0.3, 0.4) is 0 Å². The number of likely N-dealkylation sites (tertiary alicyclic amines) is 1. The number of carbonyl (C=O) groups is 1. The van der Waals surface area contributed by atoms with Crippen LogP contribution in [0.15, 0.2) is 54.6 Å². The van der Waals surface area contributed by atoms with Crippen molar-refractivity contribution < 1.29 is 4.79 Å². The zero-order valence-electron chi connectivity index (χ0n) is 12.0. The SMILES string of the molecule is O=C1[C@@H]2CCc3ccccc3[C@H]2CN1Cc1ccccc1. The van der Waals surface area contributed by atoms with Crippen molar-refractivity contribution in [2.45, 2.75) is 25.3 Å². The molecular formula is C19H19NO. The van der Waals surface area contributed by atoms with Crippen LogP contribution in [0.5, 0.6) is 0 Å². The summed E-state index contributed by atoms with van der Waals surface area (Å²) in [6, 6.07) is 18.9. The summed E-state index contributed by atoms with van der Waals surface area (Å²) in [6.07, 6.45) is 2.05. The first-order valence-electron chi connectivity index (χ1n) is 7.73. The third kappa shape index (κ3) is 2.15. The summed E-state index contributed by atoms with van der Waals surface area (Å²) < 4.78 is 0. The molecule has 2 atom stereocenters. The van der Waals surface area contributed by atoms with Gasteiger partial charge in [0.2, 0.25) is 5.91 Å². The molecule has 0 aromatic heterocycles. The van der Waals surface area contributed by atoms with Crippen LogP contribution < -0.4 is 0 Å². The highest BCUT2D eigenvalue weighted by atomic mass is 16.2. The number of benzene rings is 2. The van der Waals surface area contributed by atoms with Crippen molar-refractivity contribution in [3.8, 4) is 0 Å². The summed E-state index contributed by atoms with van der Waals surface area (Å²) in [7, 11) is 0. The highest BCUT2D eigenvalue weighted by molar-refractivity contribution is 5.83. The van der Waals surface area contributed by atoms with Gasteiger partial charge >= 0.3 is 0 Å². The number of amides is 1. The Morgan fingerprint density at radius 3 is 2.57 bits per heavy atom. The third-order valence-corrected chi connectivity index (χ3v) is 4.93. The van der Waals surface area contributed by atoms with Gasteiger partial charge in [0.15, 0.2) is 0 Å². The smallest absolute Gasteiger partial charge is 0.226 e. The summed E-state index contributed by atoms with van der Waals surface area (Å²) in [5, 5.41) is 0. The number of carbonyl (C=O) groups excluding carboxylic acids is 1. The molecule has 1 aliphatic heterocycles. The molecule has 1 heterocycles. The molecule has 21 heavy (non-hydrogen) atoms. The normalized spacial score (nSPS) is 23.8. The molecule has 2 heteroatoms. The lowest BCUT2D eigenvalue weighted by Gasteiger charge is -2.25. The lowest BCUT2D eigenvalue weighted by atomic mass is 9.77. The van der Waals surface area contributed by atoms with Crippen molar-refractivity contribution in [1.29, 1.82) is 0 Å². The summed E-state index contributed by atoms with van der Waals surface area (Å²) in [5.41, 5.74) is 4.06. The Labute approximate surface area is 125 Å². The minimum atomic E-state index is 0.198. The van der Waals surface area contributed by atoms with Gasteiger partial charge in [-0.05, 0) is 29.5 Å². The fourth-order valence-corrected chi connectivity index (χ4v) is 3.88. The van der Waals surface area contributed by atoms with Crippen molar-refractivity contribution in [3.63, 3.8) is 0 Å². The number of hydrogen-bond donors (Lipinski definition) is 0. The van der Waals surface area contributed by atoms with E-state index in [1.165, 1.54) is 16.7 Å². The maximum absolute atomic E-state index is 12.7. The number of aryl methyl sites for hydroxylation is 1. The zero-order valence-corrected chi connectivity index (χ0v) is 12.0. The van der Waals surface area contributed by atoms with E-state index in [2.05, 4.69) is 36.4 Å². The Morgan fingerprint density at radius 2 is 1.71 bits per heavy atom. The van der Waals surface area contributed by atoms with Crippen LogP contribution in [0.25, 0.3) is 0 Å². The van der Waals surface area contributed by atoms with E-state index in [-0.39, 0.29) is 5.92 Å². The summed E-state index contributed by atoms with van der Waals surface area (Å²) >= 11 is 0. The van der Waals surface area contributed by atoms with Crippen molar-refractivity contribution >= 4 is 5.91 Å². The summed E-state index contributed by atoms with van der Waals surface area (Å²) in [5.74, 6) is 0.938. The van der Waals surface area contributed by atoms with Crippen LogP contribution >= 0.6 is 0 Å². The van der Waals surface area contributed by atoms with Crippen LogP contribution in [0.4, 0.5) is 0 Å². The topological polar surface area (TPSA) is 20.3 Å². The predicted molar refractivity (Wildman–Crippen MR) is 82.9 cm³/mol. The van der Waals surface area contributed by atoms with Crippen molar-refractivity contribution in [1.82, 2.24) is 4.90 Å². The van der Waals surface area contributed by atoms with E-state index in [0.29, 0.717) is 11.8 Å². The lowest BCUT2D eigenvalue weighted by molar-refractivity contribution is -0.131. The fraction of sp³-hybridized carbons (Fsp3) is 0.316. The average molecular weight is 277 g/mol. The molecule has 2 aromatic carbocycles. The molecule has 0 unspecified atom stereocenters. The van der Waals surface area contributed by atoms with Crippen LogP contribution in [0, 0.1) is 5.92 Å². The third-order valence-electron chi connectivity index (χ3n) is 4.93. The Bertz CT molecular complexity index is 664. The lowest BCUT2D eigenvalue weighted by Crippen LogP contribution is -2.27. The average Bonchev–Trinajstić information content (AvgIpc) is 2.85. The molecular weight excluding hydrogens is 258 g/mol. The molecule has 1 aliphatic carbocycles. The van der Waals surface area contributed by atoms with E-state index >= 15 is 0 Å². The van der Waals surface area contributed by atoms with E-state index in [9.17, 15) is 4.79 Å². The van der Waals surface area contributed by atoms with Gasteiger partial charge in [-0.1, -0.05) is 54.6 Å². The standard InChI is InChI=1S/C19H19NO/c21-19-17-11-10-15-8-4-5-9-16(15)18(17)13-20(19)12-14-6-2-1-3-7-14/h1-9,17-18H,10-13H2/t17-,18-/m1/s1. The second-order valence-electron chi connectivity index (χ2n) is 6.15. The van der Waals surface area contributed by atoms with E-state index < -0.39 is 0 Å². The van der Waals surface area contributed by atoms with Gasteiger partial charge in [-0.2, -0.15) is 0 Å². The van der Waals surface area contributed by atoms with Crippen molar-refractivity contribution in [2.24, 2.45) is 5.92 Å². The minimum absolute atomic E-state index is 0.198. The van der Waals surface area contributed by atoms with E-state index in [1.54, 1.807) is 0 Å². The first kappa shape index (κ1) is 12.6. The van der Waals surface area contributed by atoms with Gasteiger partial charge in [-0.25, -0.2) is 0 Å². The van der Waals surface area contributed by atoms with Crippen LogP contribution in [-0.2, 0) is 17.8 Å². The first-order valence-corrected chi connectivity index (χ1v) is 7.73. The van der Waals surface area contributed by atoms with Crippen LogP contribution in [0.1, 0.15) is 29.0 Å². The molecule has 0 radical (unpaired) electrons. The molecule has 1 amide bonds. The number of hydrogen-bond acceptors (Lipinski definition) is 1. The van der Waals surface area contributed by atoms with E-state index in [1.807, 2.05) is 23.1 Å². The molecule has 2 aliphatic rings. The second-order valence-corrected chi connectivity index (χ2v) is 6.15. The molecule has 0 bridgehead atoms. The minimum Gasteiger partial charge on any atom is -0.337 e. The number of rotatable bonds is 2. The predicted octanol–water partition coefficient (Wildman–Crippen LogP) is 3.38. The number of fused-ring (bicyclic) bond motifs is 3. The van der Waals surface area contributed by atoms with Crippen LogP contribution in [0.2, 0.25) is 0 Å². The largest absolute Gasteiger partial charge is 0.337 e. The molecule has 1 fully saturated rings. The number of nitrogens with zero attached hydrogens (tertiary/aromatic N) is 1. The highest BCUT2D eigenvalue weighted by Gasteiger charge is 2.43. The molecule has 0 N–H and O–H groups in total. The molecule has 0 spiro atoms. The summed E-state index contributed by atoms with van der Waals surface area (Å²) in [6.45, 7) is 1.62. The van der Waals surface area contributed by atoms with Gasteiger partial charge in [0.25, 0.3) is 0 Å². The Morgan fingerprint density at radius 1 is 0.952 bits per heavy atom. The zero-order chi connectivity index (χ0) is 14.2. The quantitative estimate of drug-likeness (QED) is 0.824. The van der Waals surface area contributed by atoms with Gasteiger partial charge in [-0.3, -0.25) is 4.79 Å². The van der Waals surface area contributed by atoms with E-state index in [4.69, 9.17) is 0 Å². The first-order chi connectivity index (χ1) is 10.3. The van der Waals surface area contributed by atoms with Crippen molar-refractivity contribution in [2.75, 3.05) is 6.54 Å². The van der Waals surface area contributed by atoms with Gasteiger partial charge in [-0.15, -0.1) is 0 Å². The monoisotopic (exact) mass is 277 g/mol. The van der Waals surface area contributed by atoms with Gasteiger partial charge in [0, 0.05) is 24.9 Å². The molecule has 4 rings (SSSR count). The van der Waals surface area contributed by atoms with Crippen LogP contribution in [-0.4, -0.2) is 17.4 Å². The molecule has 2 nitrogen and oxygen atoms in total. The Kier molecular flexibility index (Phi) is 3.03. The van der Waals surface area contributed by atoms with Gasteiger partial charge in [0.05, 0.1) is 0 Å².